The number of benzene rings is 1. The highest BCUT2D eigenvalue weighted by atomic mass is 32.2. The summed E-state index contributed by atoms with van der Waals surface area (Å²) in [5.74, 6) is 0.257. The average molecular weight is 534 g/mol. The summed E-state index contributed by atoms with van der Waals surface area (Å²) in [7, 11) is -4.05. The number of sulfonamides is 1. The van der Waals surface area contributed by atoms with E-state index in [0.29, 0.717) is 65.7 Å². The van der Waals surface area contributed by atoms with Crippen LogP contribution in [-0.2, 0) is 14.8 Å². The number of fused-ring (bicyclic) bond motifs is 3. The third-order valence-electron chi connectivity index (χ3n) is 6.06. The second-order valence-electron chi connectivity index (χ2n) is 8.52. The molecular weight excluding hydrogens is 516 g/mol. The van der Waals surface area contributed by atoms with Gasteiger partial charge in [0.05, 0.1) is 35.1 Å². The lowest BCUT2D eigenvalue weighted by atomic mass is 10.2. The minimum atomic E-state index is -4.05. The van der Waals surface area contributed by atoms with E-state index in [9.17, 15) is 22.5 Å². The van der Waals surface area contributed by atoms with Crippen LogP contribution in [0, 0.1) is 11.3 Å². The van der Waals surface area contributed by atoms with Crippen molar-refractivity contribution >= 4 is 43.3 Å². The molecule has 0 bridgehead atoms. The van der Waals surface area contributed by atoms with Crippen LogP contribution in [0.3, 0.4) is 0 Å². The van der Waals surface area contributed by atoms with Gasteiger partial charge in [0, 0.05) is 11.8 Å². The summed E-state index contributed by atoms with van der Waals surface area (Å²) in [6.45, 7) is 0.952. The molecule has 4 aromatic rings. The highest BCUT2D eigenvalue weighted by Crippen LogP contribution is 2.40. The third-order valence-corrected chi connectivity index (χ3v) is 8.51. The molecule has 0 unspecified atom stereocenters. The second-order valence-corrected chi connectivity index (χ2v) is 11.2. The van der Waals surface area contributed by atoms with Crippen LogP contribution in [0.2, 0.25) is 0 Å². The number of hydrogen-bond acceptors (Lipinski definition) is 10. The minimum absolute atomic E-state index is 0.0809. The average Bonchev–Trinajstić information content (AvgIpc) is 3.24. The van der Waals surface area contributed by atoms with E-state index in [1.807, 2.05) is 6.07 Å². The van der Waals surface area contributed by atoms with Crippen LogP contribution in [-0.4, -0.2) is 58.0 Å². The number of halogens is 2. The van der Waals surface area contributed by atoms with Gasteiger partial charge in [0.2, 0.25) is 21.0 Å². The van der Waals surface area contributed by atoms with Crippen LogP contribution in [0.4, 0.5) is 8.78 Å². The molecule has 1 aromatic carbocycles. The monoisotopic (exact) mass is 533 g/mol. The molecule has 1 aliphatic carbocycles. The van der Waals surface area contributed by atoms with Crippen molar-refractivity contribution < 1.29 is 26.7 Å². The molecule has 0 amide bonds. The molecule has 0 spiro atoms. The van der Waals surface area contributed by atoms with Crippen molar-refractivity contribution in [1.82, 2.24) is 29.5 Å². The molecule has 3 aromatic heterocycles. The first kappa shape index (κ1) is 23.1. The van der Waals surface area contributed by atoms with Crippen molar-refractivity contribution in [3.63, 3.8) is 0 Å². The summed E-state index contributed by atoms with van der Waals surface area (Å²) < 4.78 is 68.1. The zero-order chi connectivity index (χ0) is 25.1. The van der Waals surface area contributed by atoms with Crippen LogP contribution in [0.15, 0.2) is 29.4 Å². The number of nitriles is 1. The Morgan fingerprint density at radius 3 is 2.81 bits per heavy atom. The number of aromatic nitrogens is 5. The quantitative estimate of drug-likeness (QED) is 0.379. The normalized spacial score (nSPS) is 19.2. The van der Waals surface area contributed by atoms with Crippen LogP contribution >= 0.6 is 11.3 Å². The van der Waals surface area contributed by atoms with E-state index >= 15 is 0 Å². The number of hydrogen-bond donors (Lipinski definition) is 1. The molecule has 6 rings (SSSR count). The molecule has 1 saturated carbocycles. The maximum absolute atomic E-state index is 13.3. The molecule has 1 saturated heterocycles. The molecule has 1 aliphatic heterocycles. The van der Waals surface area contributed by atoms with Crippen LogP contribution < -0.4 is 9.46 Å². The summed E-state index contributed by atoms with van der Waals surface area (Å²) in [6, 6.07) is 6.37. The van der Waals surface area contributed by atoms with Crippen molar-refractivity contribution in [3.8, 4) is 17.1 Å². The summed E-state index contributed by atoms with van der Waals surface area (Å²) in [6.07, 6.45) is -0.242. The largest absolute Gasteiger partial charge is 0.471 e. The van der Waals surface area contributed by atoms with Gasteiger partial charge in [-0.1, -0.05) is 17.4 Å². The second kappa shape index (κ2) is 8.37. The molecule has 2 fully saturated rings. The lowest BCUT2D eigenvalue weighted by molar-refractivity contribution is 0.139. The first-order valence-corrected chi connectivity index (χ1v) is 13.2. The van der Waals surface area contributed by atoms with E-state index in [-0.39, 0.29) is 22.0 Å². The maximum Gasteiger partial charge on any atom is 0.291 e. The Bertz CT molecular complexity index is 1640. The number of nitrogens with one attached hydrogen (secondary N) is 1. The number of nitrogens with zero attached hydrogens (tertiary/aromatic N) is 6. The first-order chi connectivity index (χ1) is 17.3. The Morgan fingerprint density at radius 1 is 1.31 bits per heavy atom. The smallest absolute Gasteiger partial charge is 0.291 e. The van der Waals surface area contributed by atoms with E-state index in [1.54, 1.807) is 6.07 Å². The van der Waals surface area contributed by atoms with Gasteiger partial charge in [-0.2, -0.15) is 9.98 Å². The van der Waals surface area contributed by atoms with Crippen molar-refractivity contribution in [3.05, 3.63) is 29.5 Å². The van der Waals surface area contributed by atoms with E-state index < -0.39 is 27.0 Å². The highest BCUT2D eigenvalue weighted by molar-refractivity contribution is 7.89. The zero-order valence-corrected chi connectivity index (χ0v) is 20.0. The lowest BCUT2D eigenvalue weighted by Crippen LogP contribution is -2.35. The first-order valence-electron chi connectivity index (χ1n) is 10.9. The molecular formula is C21H17F2N7O4S2. The van der Waals surface area contributed by atoms with Crippen LogP contribution in [0.5, 0.6) is 5.88 Å². The number of rotatable bonds is 7. The molecule has 36 heavy (non-hydrogen) atoms. The molecule has 186 valence electrons. The minimum Gasteiger partial charge on any atom is -0.471 e. The fourth-order valence-electron chi connectivity index (χ4n) is 4.08. The Kier molecular flexibility index (Phi) is 5.37. The molecule has 11 nitrogen and oxygen atoms in total. The number of alkyl halides is 2. The van der Waals surface area contributed by atoms with Crippen LogP contribution in [0.1, 0.15) is 30.7 Å². The zero-order valence-electron chi connectivity index (χ0n) is 18.4. The van der Waals surface area contributed by atoms with Gasteiger partial charge in [-0.05, 0) is 25.0 Å². The lowest BCUT2D eigenvalue weighted by Gasteiger charge is -2.11. The number of ether oxygens (including phenoxy) is 2. The topological polar surface area (TPSA) is 145 Å². The summed E-state index contributed by atoms with van der Waals surface area (Å²) in [5.41, 5.74) is -0.481. The van der Waals surface area contributed by atoms with Crippen molar-refractivity contribution in [2.24, 2.45) is 0 Å². The van der Waals surface area contributed by atoms with E-state index in [2.05, 4.69) is 24.9 Å². The van der Waals surface area contributed by atoms with Gasteiger partial charge in [-0.25, -0.2) is 27.2 Å². The molecule has 15 heteroatoms. The van der Waals surface area contributed by atoms with Gasteiger partial charge in [0.15, 0.2) is 10.7 Å². The van der Waals surface area contributed by atoms with Gasteiger partial charge < -0.3 is 9.47 Å². The van der Waals surface area contributed by atoms with E-state index in [4.69, 9.17) is 9.47 Å². The van der Waals surface area contributed by atoms with Crippen molar-refractivity contribution in [1.29, 1.82) is 5.26 Å². The van der Waals surface area contributed by atoms with Gasteiger partial charge in [0.25, 0.3) is 6.43 Å². The third kappa shape index (κ3) is 3.86. The van der Waals surface area contributed by atoms with Crippen LogP contribution in [0.25, 0.3) is 27.1 Å². The fourth-order valence-corrected chi connectivity index (χ4v) is 6.20. The van der Waals surface area contributed by atoms with Gasteiger partial charge in [-0.15, -0.1) is 10.2 Å². The van der Waals surface area contributed by atoms with E-state index in [1.165, 1.54) is 23.0 Å². The van der Waals surface area contributed by atoms with E-state index in [0.717, 1.165) is 0 Å². The molecule has 2 aliphatic rings. The predicted molar refractivity (Wildman–Crippen MR) is 123 cm³/mol. The fraction of sp³-hybridized carbons (Fsp3) is 0.381. The maximum atomic E-state index is 13.3. The van der Waals surface area contributed by atoms with Gasteiger partial charge >= 0.3 is 0 Å². The van der Waals surface area contributed by atoms with Gasteiger partial charge in [-0.3, -0.25) is 4.57 Å². The standard InChI is InChI=1S/C21H17F2N7O4S2/c22-16(23)19-27-28-20(35-19)30-14-7-12(36(31,32)29-21(9-24)4-5-21)1-2-13(14)15-17(30)25-10-26-18(15)34-11-3-6-33-8-11/h1-2,7,10-11,16,29H,3-6,8H2/t11-/m1/s1. The summed E-state index contributed by atoms with van der Waals surface area (Å²) >= 11 is 0.666. The Labute approximate surface area is 206 Å². The molecule has 1 atom stereocenters. The Morgan fingerprint density at radius 2 is 2.14 bits per heavy atom. The van der Waals surface area contributed by atoms with Gasteiger partial charge in [0.1, 0.15) is 18.0 Å². The molecule has 4 heterocycles. The summed E-state index contributed by atoms with van der Waals surface area (Å²) in [4.78, 5) is 8.52. The Hall–Kier alpha value is -3.32. The highest BCUT2D eigenvalue weighted by Gasteiger charge is 2.46. The van der Waals surface area contributed by atoms with Crippen molar-refractivity contribution in [2.45, 2.75) is 42.2 Å². The SMILES string of the molecule is N#CC1(NS(=O)(=O)c2ccc3c4c(O[C@@H]5CCOC5)ncnc4n(-c4nnc(C(F)F)s4)c3c2)CC1. The summed E-state index contributed by atoms with van der Waals surface area (Å²) in [5, 5.41) is 17.4. The van der Waals surface area contributed by atoms with Crippen molar-refractivity contribution in [2.75, 3.05) is 13.2 Å². The molecule has 0 radical (unpaired) electrons. The predicted octanol–water partition coefficient (Wildman–Crippen LogP) is 2.86. The molecule has 1 N–H and O–H groups in total. The Balaban J connectivity index is 1.56.